The van der Waals surface area contributed by atoms with Gasteiger partial charge in [-0.15, -0.1) is 0 Å². The molecule has 0 unspecified atom stereocenters. The second kappa shape index (κ2) is 5.86. The molecule has 1 aromatic rings. The van der Waals surface area contributed by atoms with E-state index in [-0.39, 0.29) is 12.3 Å². The number of nitrogens with zero attached hydrogens (tertiary/aromatic N) is 2. The van der Waals surface area contributed by atoms with Crippen LogP contribution in [0, 0.1) is 13.8 Å². The molecular formula is C13H23N5O. The molecule has 0 spiro atoms. The molecule has 0 saturated carbocycles. The normalized spacial score (nSPS) is 11.2. The number of anilines is 2. The summed E-state index contributed by atoms with van der Waals surface area (Å²) in [6.45, 7) is 10.4. The molecular weight excluding hydrogens is 242 g/mol. The Bertz CT molecular complexity index is 470. The summed E-state index contributed by atoms with van der Waals surface area (Å²) in [4.78, 5) is 19.8. The fourth-order valence-corrected chi connectivity index (χ4v) is 1.89. The smallest absolute Gasteiger partial charge is 0.219 e. The highest BCUT2D eigenvalue weighted by Gasteiger charge is 2.22. The lowest BCUT2D eigenvalue weighted by molar-refractivity contribution is -0.118. The molecule has 0 aliphatic carbocycles. The summed E-state index contributed by atoms with van der Waals surface area (Å²) in [6.07, 6.45) is 0.242. The van der Waals surface area contributed by atoms with Crippen molar-refractivity contribution in [3.8, 4) is 0 Å². The summed E-state index contributed by atoms with van der Waals surface area (Å²) < 4.78 is 0. The zero-order valence-corrected chi connectivity index (χ0v) is 12.3. The maximum atomic E-state index is 11.1. The Morgan fingerprint density at radius 3 is 2.37 bits per heavy atom. The van der Waals surface area contributed by atoms with E-state index in [1.807, 2.05) is 34.6 Å². The van der Waals surface area contributed by atoms with Crippen LogP contribution in [0.3, 0.4) is 0 Å². The monoisotopic (exact) mass is 265 g/mol. The first kappa shape index (κ1) is 15.2. The number of aromatic nitrogens is 2. The summed E-state index contributed by atoms with van der Waals surface area (Å²) in [7, 11) is 0. The van der Waals surface area contributed by atoms with Gasteiger partial charge in [0, 0.05) is 24.1 Å². The first-order valence-corrected chi connectivity index (χ1v) is 6.40. The molecule has 0 aliphatic heterocycles. The second-order valence-corrected chi connectivity index (χ2v) is 5.28. The molecule has 6 nitrogen and oxygen atoms in total. The Morgan fingerprint density at radius 2 is 1.84 bits per heavy atom. The summed E-state index contributed by atoms with van der Waals surface area (Å²) in [5.74, 6) is 1.88. The SMILES string of the molecule is CCNc1nc(C)nc(NC(C)(C)CC(N)=O)c1C. The van der Waals surface area contributed by atoms with Crippen LogP contribution in [-0.4, -0.2) is 28.0 Å². The molecule has 0 atom stereocenters. The third kappa shape index (κ3) is 4.39. The lowest BCUT2D eigenvalue weighted by Gasteiger charge is -2.27. The van der Waals surface area contributed by atoms with Crippen LogP contribution < -0.4 is 16.4 Å². The molecule has 1 rings (SSSR count). The van der Waals surface area contributed by atoms with Crippen molar-refractivity contribution in [2.24, 2.45) is 5.73 Å². The molecule has 0 saturated heterocycles. The topological polar surface area (TPSA) is 92.9 Å². The van der Waals surface area contributed by atoms with Gasteiger partial charge in [0.15, 0.2) is 0 Å². The predicted octanol–water partition coefficient (Wildman–Crippen LogP) is 1.59. The van der Waals surface area contributed by atoms with Gasteiger partial charge in [-0.3, -0.25) is 4.79 Å². The number of aryl methyl sites for hydroxylation is 1. The Labute approximate surface area is 114 Å². The number of nitrogens with two attached hydrogens (primary N) is 1. The maximum Gasteiger partial charge on any atom is 0.219 e. The van der Waals surface area contributed by atoms with E-state index in [4.69, 9.17) is 5.73 Å². The van der Waals surface area contributed by atoms with Gasteiger partial charge >= 0.3 is 0 Å². The van der Waals surface area contributed by atoms with Crippen LogP contribution in [0.1, 0.15) is 38.6 Å². The number of primary amides is 1. The molecule has 0 radical (unpaired) electrons. The van der Waals surface area contributed by atoms with Crippen molar-refractivity contribution in [1.29, 1.82) is 0 Å². The number of nitrogens with one attached hydrogen (secondary N) is 2. The number of amides is 1. The van der Waals surface area contributed by atoms with E-state index in [0.717, 1.165) is 23.7 Å². The van der Waals surface area contributed by atoms with E-state index in [0.29, 0.717) is 5.82 Å². The van der Waals surface area contributed by atoms with Crippen LogP contribution in [0.4, 0.5) is 11.6 Å². The van der Waals surface area contributed by atoms with Crippen LogP contribution >= 0.6 is 0 Å². The van der Waals surface area contributed by atoms with Crippen LogP contribution in [-0.2, 0) is 4.79 Å². The molecule has 0 bridgehead atoms. The molecule has 4 N–H and O–H groups in total. The first-order chi connectivity index (χ1) is 8.75. The van der Waals surface area contributed by atoms with Gasteiger partial charge in [0.2, 0.25) is 5.91 Å². The van der Waals surface area contributed by atoms with Gasteiger partial charge in [-0.2, -0.15) is 0 Å². The van der Waals surface area contributed by atoms with Crippen LogP contribution in [0.2, 0.25) is 0 Å². The van der Waals surface area contributed by atoms with Gasteiger partial charge in [-0.25, -0.2) is 9.97 Å². The van der Waals surface area contributed by atoms with E-state index in [9.17, 15) is 4.79 Å². The van der Waals surface area contributed by atoms with Gasteiger partial charge in [-0.05, 0) is 34.6 Å². The van der Waals surface area contributed by atoms with E-state index in [1.54, 1.807) is 0 Å². The molecule has 1 aromatic heterocycles. The second-order valence-electron chi connectivity index (χ2n) is 5.28. The van der Waals surface area contributed by atoms with Crippen molar-refractivity contribution < 1.29 is 4.79 Å². The minimum Gasteiger partial charge on any atom is -0.370 e. The van der Waals surface area contributed by atoms with Crippen molar-refractivity contribution >= 4 is 17.5 Å². The lowest BCUT2D eigenvalue weighted by Crippen LogP contribution is -2.36. The maximum absolute atomic E-state index is 11.1. The Morgan fingerprint density at radius 1 is 1.26 bits per heavy atom. The molecule has 106 valence electrons. The predicted molar refractivity (Wildman–Crippen MR) is 77.2 cm³/mol. The summed E-state index contributed by atoms with van der Waals surface area (Å²) in [5.41, 5.74) is 5.75. The zero-order valence-electron chi connectivity index (χ0n) is 12.3. The van der Waals surface area contributed by atoms with Crippen molar-refractivity contribution in [1.82, 2.24) is 9.97 Å². The number of carbonyl (C=O) groups excluding carboxylic acids is 1. The van der Waals surface area contributed by atoms with Crippen molar-refractivity contribution in [3.63, 3.8) is 0 Å². The standard InChI is InChI=1S/C13H23N5O/c1-6-15-11-8(2)12(17-9(3)16-11)18-13(4,5)7-10(14)19/h6-7H2,1-5H3,(H2,14,19)(H2,15,16,17,18). The summed E-state index contributed by atoms with van der Waals surface area (Å²) >= 11 is 0. The minimum absolute atomic E-state index is 0.242. The van der Waals surface area contributed by atoms with Gasteiger partial charge in [0.05, 0.1) is 0 Å². The number of hydrogen-bond acceptors (Lipinski definition) is 5. The third-order valence-corrected chi connectivity index (χ3v) is 2.67. The Balaban J connectivity index is 3.03. The quantitative estimate of drug-likeness (QED) is 0.726. The van der Waals surface area contributed by atoms with E-state index < -0.39 is 5.54 Å². The molecule has 0 aliphatic rings. The first-order valence-electron chi connectivity index (χ1n) is 6.40. The number of carbonyl (C=O) groups is 1. The van der Waals surface area contributed by atoms with Crippen LogP contribution in [0.25, 0.3) is 0 Å². The zero-order chi connectivity index (χ0) is 14.6. The van der Waals surface area contributed by atoms with E-state index in [1.165, 1.54) is 0 Å². The molecule has 0 aromatic carbocycles. The van der Waals surface area contributed by atoms with Crippen molar-refractivity contribution in [2.75, 3.05) is 17.2 Å². The largest absolute Gasteiger partial charge is 0.370 e. The molecule has 0 fully saturated rings. The summed E-state index contributed by atoms with van der Waals surface area (Å²) in [5, 5.41) is 6.47. The van der Waals surface area contributed by atoms with E-state index in [2.05, 4.69) is 20.6 Å². The van der Waals surface area contributed by atoms with Crippen molar-refractivity contribution in [2.45, 2.75) is 46.6 Å². The highest BCUT2D eigenvalue weighted by Crippen LogP contribution is 2.24. The number of hydrogen-bond donors (Lipinski definition) is 3. The summed E-state index contributed by atoms with van der Waals surface area (Å²) in [6, 6.07) is 0. The third-order valence-electron chi connectivity index (χ3n) is 2.67. The van der Waals surface area contributed by atoms with E-state index >= 15 is 0 Å². The fourth-order valence-electron chi connectivity index (χ4n) is 1.89. The lowest BCUT2D eigenvalue weighted by atomic mass is 10.00. The Hall–Kier alpha value is -1.85. The average molecular weight is 265 g/mol. The molecule has 6 heteroatoms. The highest BCUT2D eigenvalue weighted by atomic mass is 16.1. The van der Waals surface area contributed by atoms with Gasteiger partial charge < -0.3 is 16.4 Å². The molecule has 1 heterocycles. The fraction of sp³-hybridized carbons (Fsp3) is 0.615. The van der Waals surface area contributed by atoms with Crippen molar-refractivity contribution in [3.05, 3.63) is 11.4 Å². The van der Waals surface area contributed by atoms with Crippen LogP contribution in [0.15, 0.2) is 0 Å². The Kier molecular flexibility index (Phi) is 4.69. The number of rotatable bonds is 6. The highest BCUT2D eigenvalue weighted by molar-refractivity contribution is 5.75. The molecule has 19 heavy (non-hydrogen) atoms. The van der Waals surface area contributed by atoms with Gasteiger partial charge in [0.25, 0.3) is 0 Å². The molecule has 1 amide bonds. The van der Waals surface area contributed by atoms with Gasteiger partial charge in [0.1, 0.15) is 17.5 Å². The minimum atomic E-state index is -0.444. The van der Waals surface area contributed by atoms with Crippen LogP contribution in [0.5, 0.6) is 0 Å². The average Bonchev–Trinajstić information content (AvgIpc) is 2.22. The van der Waals surface area contributed by atoms with Gasteiger partial charge in [-0.1, -0.05) is 0 Å².